The van der Waals surface area contributed by atoms with Crippen LogP contribution in [0, 0.1) is 19.7 Å². The van der Waals surface area contributed by atoms with Crippen molar-refractivity contribution in [3.63, 3.8) is 0 Å². The molecule has 3 rings (SSSR count). The molecule has 4 heteroatoms. The van der Waals surface area contributed by atoms with E-state index in [4.69, 9.17) is 10.1 Å². The van der Waals surface area contributed by atoms with Crippen LogP contribution in [0.15, 0.2) is 41.4 Å². The Morgan fingerprint density at radius 2 is 2.07 bits per heavy atom. The SMILES string of the molecule is Cc1cccc(C(Cc2ccc(C(=O)O)cc2F)C2CCCCC=N2)c1C. The fourth-order valence-corrected chi connectivity index (χ4v) is 3.89. The lowest BCUT2D eigenvalue weighted by molar-refractivity contribution is 0.0696. The van der Waals surface area contributed by atoms with Gasteiger partial charge in [0.05, 0.1) is 11.6 Å². The standard InChI is InChI=1S/C23H26FNO2/c1-15-7-6-8-19(16(15)2)20(22-9-4-3-5-12-25-22)13-17-10-11-18(23(26)27)14-21(17)24/h6-8,10-12,14,20,22H,3-5,9,13H2,1-2H3,(H,26,27). The van der Waals surface area contributed by atoms with Crippen molar-refractivity contribution >= 4 is 12.2 Å². The zero-order valence-electron chi connectivity index (χ0n) is 15.9. The molecule has 0 bridgehead atoms. The van der Waals surface area contributed by atoms with Crippen molar-refractivity contribution in [2.24, 2.45) is 4.99 Å². The highest BCUT2D eigenvalue weighted by Gasteiger charge is 2.26. The van der Waals surface area contributed by atoms with Gasteiger partial charge in [-0.15, -0.1) is 0 Å². The number of aromatic carboxylic acids is 1. The van der Waals surface area contributed by atoms with Crippen molar-refractivity contribution in [3.8, 4) is 0 Å². The summed E-state index contributed by atoms with van der Waals surface area (Å²) in [5.74, 6) is -1.49. The van der Waals surface area contributed by atoms with E-state index in [0.29, 0.717) is 12.0 Å². The highest BCUT2D eigenvalue weighted by molar-refractivity contribution is 5.87. The quantitative estimate of drug-likeness (QED) is 0.761. The van der Waals surface area contributed by atoms with Crippen molar-refractivity contribution in [1.82, 2.24) is 0 Å². The number of nitrogens with zero attached hydrogens (tertiary/aromatic N) is 1. The smallest absolute Gasteiger partial charge is 0.335 e. The maximum absolute atomic E-state index is 14.6. The number of halogens is 1. The summed E-state index contributed by atoms with van der Waals surface area (Å²) in [5, 5.41) is 9.08. The number of aryl methyl sites for hydroxylation is 1. The molecule has 0 aromatic heterocycles. The van der Waals surface area contributed by atoms with Crippen LogP contribution in [0.3, 0.4) is 0 Å². The van der Waals surface area contributed by atoms with Gasteiger partial charge < -0.3 is 5.11 Å². The first-order valence-electron chi connectivity index (χ1n) is 9.57. The first-order chi connectivity index (χ1) is 13.0. The summed E-state index contributed by atoms with van der Waals surface area (Å²) < 4.78 is 14.6. The summed E-state index contributed by atoms with van der Waals surface area (Å²) in [6.07, 6.45) is 6.77. The summed E-state index contributed by atoms with van der Waals surface area (Å²) in [6, 6.07) is 10.6. The zero-order chi connectivity index (χ0) is 19.4. The Morgan fingerprint density at radius 1 is 1.26 bits per heavy atom. The van der Waals surface area contributed by atoms with Crippen molar-refractivity contribution < 1.29 is 14.3 Å². The first-order valence-corrected chi connectivity index (χ1v) is 9.57. The highest BCUT2D eigenvalue weighted by Crippen LogP contribution is 2.34. The van der Waals surface area contributed by atoms with E-state index in [-0.39, 0.29) is 17.5 Å². The average molecular weight is 367 g/mol. The van der Waals surface area contributed by atoms with Gasteiger partial charge in [0.1, 0.15) is 5.82 Å². The molecule has 0 amide bonds. The topological polar surface area (TPSA) is 49.7 Å². The predicted octanol–water partition coefficient (Wildman–Crippen LogP) is 5.48. The Hall–Kier alpha value is -2.49. The van der Waals surface area contributed by atoms with Crippen LogP contribution in [0.5, 0.6) is 0 Å². The van der Waals surface area contributed by atoms with E-state index in [1.807, 2.05) is 6.21 Å². The van der Waals surface area contributed by atoms with Crippen molar-refractivity contribution in [2.45, 2.75) is 57.9 Å². The molecule has 0 radical (unpaired) electrons. The molecule has 1 heterocycles. The fraction of sp³-hybridized carbons (Fsp3) is 0.391. The molecule has 0 saturated heterocycles. The van der Waals surface area contributed by atoms with E-state index in [2.05, 4.69) is 32.0 Å². The summed E-state index contributed by atoms with van der Waals surface area (Å²) >= 11 is 0. The number of benzene rings is 2. The maximum Gasteiger partial charge on any atom is 0.335 e. The van der Waals surface area contributed by atoms with Gasteiger partial charge in [-0.05, 0) is 80.1 Å². The first kappa shape index (κ1) is 19.3. The molecule has 142 valence electrons. The Balaban J connectivity index is 1.99. The largest absolute Gasteiger partial charge is 0.478 e. The second-order valence-electron chi connectivity index (χ2n) is 7.39. The number of hydrogen-bond donors (Lipinski definition) is 1. The van der Waals surface area contributed by atoms with Gasteiger partial charge in [0.2, 0.25) is 0 Å². The Bertz CT molecular complexity index is 859. The van der Waals surface area contributed by atoms with Crippen LogP contribution in [0.4, 0.5) is 4.39 Å². The van der Waals surface area contributed by atoms with Crippen LogP contribution in [0.1, 0.15) is 64.2 Å². The third kappa shape index (κ3) is 4.44. The molecule has 2 atom stereocenters. The Labute approximate surface area is 160 Å². The molecule has 2 aromatic rings. The third-order valence-electron chi connectivity index (χ3n) is 5.63. The molecule has 1 N–H and O–H groups in total. The number of carboxylic acid groups (broad SMARTS) is 1. The molecular formula is C23H26FNO2. The third-order valence-corrected chi connectivity index (χ3v) is 5.63. The Morgan fingerprint density at radius 3 is 2.81 bits per heavy atom. The molecule has 3 nitrogen and oxygen atoms in total. The summed E-state index contributed by atoms with van der Waals surface area (Å²) in [4.78, 5) is 15.9. The van der Waals surface area contributed by atoms with E-state index in [9.17, 15) is 9.18 Å². The molecule has 1 aliphatic rings. The van der Waals surface area contributed by atoms with Crippen molar-refractivity contribution in [1.29, 1.82) is 0 Å². The minimum atomic E-state index is -1.11. The number of carbonyl (C=O) groups is 1. The van der Waals surface area contributed by atoms with Gasteiger partial charge >= 0.3 is 5.97 Å². The summed E-state index contributed by atoms with van der Waals surface area (Å²) in [7, 11) is 0. The van der Waals surface area contributed by atoms with Crippen LogP contribution in [0.25, 0.3) is 0 Å². The van der Waals surface area contributed by atoms with Crippen molar-refractivity contribution in [2.75, 3.05) is 0 Å². The lowest BCUT2D eigenvalue weighted by Gasteiger charge is -2.26. The minimum absolute atomic E-state index is 0.0213. The summed E-state index contributed by atoms with van der Waals surface area (Å²) in [6.45, 7) is 4.20. The van der Waals surface area contributed by atoms with Gasteiger partial charge in [-0.3, -0.25) is 4.99 Å². The number of aliphatic imine (C=N–C) groups is 1. The molecule has 1 aliphatic heterocycles. The fourth-order valence-electron chi connectivity index (χ4n) is 3.89. The molecule has 2 unspecified atom stereocenters. The molecule has 0 saturated carbocycles. The van der Waals surface area contributed by atoms with Gasteiger partial charge in [0, 0.05) is 5.92 Å². The van der Waals surface area contributed by atoms with E-state index in [0.717, 1.165) is 31.7 Å². The molecule has 0 fully saturated rings. The van der Waals surface area contributed by atoms with Gasteiger partial charge in [-0.25, -0.2) is 9.18 Å². The number of carboxylic acids is 1. The molecule has 2 aromatic carbocycles. The second kappa shape index (κ2) is 8.47. The van der Waals surface area contributed by atoms with Gasteiger partial charge in [-0.1, -0.05) is 30.7 Å². The highest BCUT2D eigenvalue weighted by atomic mass is 19.1. The van der Waals surface area contributed by atoms with Gasteiger partial charge in [0.25, 0.3) is 0 Å². The average Bonchev–Trinajstić information content (AvgIpc) is 2.92. The summed E-state index contributed by atoms with van der Waals surface area (Å²) in [5.41, 5.74) is 4.18. The van der Waals surface area contributed by atoms with E-state index < -0.39 is 11.8 Å². The Kier molecular flexibility index (Phi) is 6.04. The number of rotatable bonds is 5. The van der Waals surface area contributed by atoms with E-state index >= 15 is 0 Å². The van der Waals surface area contributed by atoms with Gasteiger partial charge in [-0.2, -0.15) is 0 Å². The van der Waals surface area contributed by atoms with E-state index in [1.54, 1.807) is 6.07 Å². The molecule has 27 heavy (non-hydrogen) atoms. The molecular weight excluding hydrogens is 341 g/mol. The lowest BCUT2D eigenvalue weighted by atomic mass is 9.81. The van der Waals surface area contributed by atoms with Gasteiger partial charge in [0.15, 0.2) is 0 Å². The van der Waals surface area contributed by atoms with Crippen LogP contribution in [-0.2, 0) is 6.42 Å². The van der Waals surface area contributed by atoms with Crippen molar-refractivity contribution in [3.05, 3.63) is 70.0 Å². The molecule has 0 spiro atoms. The predicted molar refractivity (Wildman–Crippen MR) is 106 cm³/mol. The second-order valence-corrected chi connectivity index (χ2v) is 7.39. The zero-order valence-corrected chi connectivity index (χ0v) is 15.9. The molecule has 0 aliphatic carbocycles. The van der Waals surface area contributed by atoms with Crippen LogP contribution < -0.4 is 0 Å². The monoisotopic (exact) mass is 367 g/mol. The maximum atomic E-state index is 14.6. The van der Waals surface area contributed by atoms with Crippen LogP contribution >= 0.6 is 0 Å². The van der Waals surface area contributed by atoms with Crippen LogP contribution in [-0.4, -0.2) is 23.3 Å². The minimum Gasteiger partial charge on any atom is -0.478 e. The lowest BCUT2D eigenvalue weighted by Crippen LogP contribution is -2.21. The normalized spacial score (nSPS) is 18.1. The number of hydrogen-bond acceptors (Lipinski definition) is 2. The van der Waals surface area contributed by atoms with Crippen LogP contribution in [0.2, 0.25) is 0 Å². The van der Waals surface area contributed by atoms with E-state index in [1.165, 1.54) is 22.8 Å².